The molecule has 0 heterocycles. The number of hydrogen-bond donors (Lipinski definition) is 2. The summed E-state index contributed by atoms with van der Waals surface area (Å²) >= 11 is 3.50. The van der Waals surface area contributed by atoms with E-state index in [-0.39, 0.29) is 29.9 Å². The number of guanidine groups is 1. The quantitative estimate of drug-likeness (QED) is 0.335. The minimum atomic E-state index is 0. The summed E-state index contributed by atoms with van der Waals surface area (Å²) in [5.41, 5.74) is 8.97. The molecular formula is C19H24BrIN4O. The molecule has 0 radical (unpaired) electrons. The predicted octanol–water partition coefficient (Wildman–Crippen LogP) is 4.15. The Bertz CT molecular complexity index is 767. The van der Waals surface area contributed by atoms with Gasteiger partial charge in [0.05, 0.1) is 6.54 Å². The lowest BCUT2D eigenvalue weighted by molar-refractivity contribution is -0.130. The maximum absolute atomic E-state index is 12.2. The van der Waals surface area contributed by atoms with Crippen LogP contribution in [0.5, 0.6) is 0 Å². The summed E-state index contributed by atoms with van der Waals surface area (Å²) < 4.78 is 0.999. The van der Waals surface area contributed by atoms with Crippen LogP contribution in [0.1, 0.15) is 17.5 Å². The van der Waals surface area contributed by atoms with E-state index < -0.39 is 0 Å². The third kappa shape index (κ3) is 7.33. The largest absolute Gasteiger partial charge is 0.370 e. The fraction of sp³-hybridized carbons (Fsp3) is 0.263. The molecule has 1 amide bonds. The van der Waals surface area contributed by atoms with Gasteiger partial charge in [-0.1, -0.05) is 46.3 Å². The van der Waals surface area contributed by atoms with E-state index in [1.807, 2.05) is 55.5 Å². The lowest BCUT2D eigenvalue weighted by Gasteiger charge is -2.17. The zero-order valence-electron chi connectivity index (χ0n) is 14.9. The summed E-state index contributed by atoms with van der Waals surface area (Å²) in [6.07, 6.45) is 0.317. The van der Waals surface area contributed by atoms with Crippen molar-refractivity contribution in [1.29, 1.82) is 0 Å². The van der Waals surface area contributed by atoms with Crippen molar-refractivity contribution in [2.45, 2.75) is 19.9 Å². The van der Waals surface area contributed by atoms with Crippen LogP contribution in [-0.4, -0.2) is 30.4 Å². The zero-order chi connectivity index (χ0) is 18.2. The van der Waals surface area contributed by atoms with Gasteiger partial charge >= 0.3 is 0 Å². The molecule has 0 unspecified atom stereocenters. The number of nitrogens with two attached hydrogens (primary N) is 1. The maximum atomic E-state index is 12.2. The first-order valence-corrected chi connectivity index (χ1v) is 8.86. The fourth-order valence-corrected chi connectivity index (χ4v) is 2.75. The van der Waals surface area contributed by atoms with E-state index in [0.29, 0.717) is 25.5 Å². The Morgan fingerprint density at radius 1 is 1.23 bits per heavy atom. The zero-order valence-corrected chi connectivity index (χ0v) is 18.8. The lowest BCUT2D eigenvalue weighted by Crippen LogP contribution is -2.28. The van der Waals surface area contributed by atoms with Crippen molar-refractivity contribution >= 4 is 57.5 Å². The van der Waals surface area contributed by atoms with Crippen molar-refractivity contribution in [2.24, 2.45) is 10.7 Å². The van der Waals surface area contributed by atoms with Crippen LogP contribution in [0.15, 0.2) is 58.0 Å². The Morgan fingerprint density at radius 3 is 2.65 bits per heavy atom. The van der Waals surface area contributed by atoms with Gasteiger partial charge < -0.3 is 16.0 Å². The SMILES string of the molecule is Cc1cccc(NC(N)=NCCC(=O)N(C)Cc2ccccc2Br)c1.I. The number of aryl methyl sites for hydroxylation is 1. The van der Waals surface area contributed by atoms with Crippen molar-refractivity contribution in [2.75, 3.05) is 18.9 Å². The van der Waals surface area contributed by atoms with E-state index in [4.69, 9.17) is 5.73 Å². The van der Waals surface area contributed by atoms with Gasteiger partial charge in [0, 0.05) is 30.2 Å². The van der Waals surface area contributed by atoms with Crippen LogP contribution in [0.4, 0.5) is 5.69 Å². The highest BCUT2D eigenvalue weighted by Crippen LogP contribution is 2.17. The highest BCUT2D eigenvalue weighted by Gasteiger charge is 2.10. The van der Waals surface area contributed by atoms with Crippen molar-refractivity contribution in [3.05, 3.63) is 64.1 Å². The molecule has 0 aliphatic carbocycles. The molecule has 7 heteroatoms. The Labute approximate surface area is 180 Å². The van der Waals surface area contributed by atoms with Gasteiger partial charge in [-0.05, 0) is 36.2 Å². The first-order chi connectivity index (χ1) is 12.0. The minimum Gasteiger partial charge on any atom is -0.370 e. The molecule has 2 aromatic rings. The van der Waals surface area contributed by atoms with Gasteiger partial charge in [-0.3, -0.25) is 9.79 Å². The number of amides is 1. The molecule has 0 spiro atoms. The van der Waals surface area contributed by atoms with Crippen molar-refractivity contribution in [3.8, 4) is 0 Å². The molecule has 0 saturated carbocycles. The Kier molecular flexibility index (Phi) is 9.64. The molecule has 2 rings (SSSR count). The molecule has 5 nitrogen and oxygen atoms in total. The fourth-order valence-electron chi connectivity index (χ4n) is 2.34. The van der Waals surface area contributed by atoms with E-state index in [1.165, 1.54) is 0 Å². The van der Waals surface area contributed by atoms with Gasteiger partial charge in [-0.2, -0.15) is 0 Å². The predicted molar refractivity (Wildman–Crippen MR) is 122 cm³/mol. The van der Waals surface area contributed by atoms with Crippen LogP contribution >= 0.6 is 39.9 Å². The number of carbonyl (C=O) groups excluding carboxylic acids is 1. The first-order valence-electron chi connectivity index (χ1n) is 8.06. The average molecular weight is 531 g/mol. The average Bonchev–Trinajstić information content (AvgIpc) is 2.56. The van der Waals surface area contributed by atoms with Gasteiger partial charge in [-0.25, -0.2) is 0 Å². The summed E-state index contributed by atoms with van der Waals surface area (Å²) in [5, 5.41) is 3.03. The van der Waals surface area contributed by atoms with Crippen molar-refractivity contribution < 1.29 is 4.79 Å². The minimum absolute atomic E-state index is 0. The number of rotatable bonds is 6. The normalized spacial score (nSPS) is 10.8. The number of halogens is 2. The third-order valence-corrected chi connectivity index (χ3v) is 4.46. The maximum Gasteiger partial charge on any atom is 0.224 e. The molecule has 0 aromatic heterocycles. The molecular weight excluding hydrogens is 507 g/mol. The molecule has 0 fully saturated rings. The standard InChI is InChI=1S/C19H23BrN4O.HI/c1-14-6-5-8-16(12-14)23-19(21)22-11-10-18(25)24(2)13-15-7-3-4-9-17(15)20;/h3-9,12H,10-11,13H2,1-2H3,(H3,21,22,23);1H. The van der Waals surface area contributed by atoms with E-state index in [1.54, 1.807) is 11.9 Å². The molecule has 2 aromatic carbocycles. The molecule has 0 atom stereocenters. The summed E-state index contributed by atoms with van der Waals surface area (Å²) in [4.78, 5) is 18.1. The molecule has 0 aliphatic heterocycles. The second kappa shape index (κ2) is 11.2. The van der Waals surface area contributed by atoms with Crippen molar-refractivity contribution in [3.63, 3.8) is 0 Å². The molecule has 3 N–H and O–H groups in total. The molecule has 0 bridgehead atoms. The molecule has 26 heavy (non-hydrogen) atoms. The van der Waals surface area contributed by atoms with Crippen LogP contribution in [0, 0.1) is 6.92 Å². The Balaban J connectivity index is 0.00000338. The van der Waals surface area contributed by atoms with E-state index in [0.717, 1.165) is 21.3 Å². The molecule has 0 saturated heterocycles. The topological polar surface area (TPSA) is 70.7 Å². The Morgan fingerprint density at radius 2 is 1.96 bits per heavy atom. The summed E-state index contributed by atoms with van der Waals surface area (Å²) in [6.45, 7) is 2.92. The molecule has 0 aliphatic rings. The number of anilines is 1. The lowest BCUT2D eigenvalue weighted by atomic mass is 10.2. The van der Waals surface area contributed by atoms with Gasteiger partial charge in [0.2, 0.25) is 5.91 Å². The van der Waals surface area contributed by atoms with Gasteiger partial charge in [0.25, 0.3) is 0 Å². The number of carbonyl (C=O) groups is 1. The summed E-state index contributed by atoms with van der Waals surface area (Å²) in [7, 11) is 1.79. The number of benzene rings is 2. The van der Waals surface area contributed by atoms with Crippen LogP contribution in [0.25, 0.3) is 0 Å². The van der Waals surface area contributed by atoms with Gasteiger partial charge in [-0.15, -0.1) is 24.0 Å². The monoisotopic (exact) mass is 530 g/mol. The first kappa shape index (κ1) is 22.4. The van der Waals surface area contributed by atoms with E-state index in [9.17, 15) is 4.79 Å². The van der Waals surface area contributed by atoms with Crippen molar-refractivity contribution in [1.82, 2.24) is 4.90 Å². The Hall–Kier alpha value is -1.61. The summed E-state index contributed by atoms with van der Waals surface area (Å²) in [5.74, 6) is 0.342. The molecule has 140 valence electrons. The highest BCUT2D eigenvalue weighted by molar-refractivity contribution is 14.0. The summed E-state index contributed by atoms with van der Waals surface area (Å²) in [6, 6.07) is 15.7. The second-order valence-corrected chi connectivity index (χ2v) is 6.71. The van der Waals surface area contributed by atoms with Crippen LogP contribution in [0.3, 0.4) is 0 Å². The highest BCUT2D eigenvalue weighted by atomic mass is 127. The van der Waals surface area contributed by atoms with Gasteiger partial charge in [0.15, 0.2) is 5.96 Å². The van der Waals surface area contributed by atoms with Gasteiger partial charge in [0.1, 0.15) is 0 Å². The number of nitrogens with zero attached hydrogens (tertiary/aromatic N) is 2. The smallest absolute Gasteiger partial charge is 0.224 e. The van der Waals surface area contributed by atoms with E-state index >= 15 is 0 Å². The van der Waals surface area contributed by atoms with Crippen LogP contribution in [-0.2, 0) is 11.3 Å². The number of hydrogen-bond acceptors (Lipinski definition) is 2. The third-order valence-electron chi connectivity index (χ3n) is 3.69. The number of aliphatic imine (C=N–C) groups is 1. The number of nitrogens with one attached hydrogen (secondary N) is 1. The van der Waals surface area contributed by atoms with Crippen LogP contribution < -0.4 is 11.1 Å². The van der Waals surface area contributed by atoms with Crippen LogP contribution in [0.2, 0.25) is 0 Å². The second-order valence-electron chi connectivity index (χ2n) is 5.85. The van der Waals surface area contributed by atoms with E-state index in [2.05, 4.69) is 26.2 Å².